The van der Waals surface area contributed by atoms with Crippen LogP contribution in [-0.4, -0.2) is 13.1 Å². The molecule has 0 bridgehead atoms. The molecule has 0 fully saturated rings. The summed E-state index contributed by atoms with van der Waals surface area (Å²) in [5, 5.41) is 0.766. The topological polar surface area (TPSA) is 29.3 Å². The number of nitrogens with two attached hydrogens (primary N) is 1. The van der Waals surface area contributed by atoms with Gasteiger partial charge in [-0.25, -0.2) is 0 Å². The van der Waals surface area contributed by atoms with Crippen molar-refractivity contribution in [2.45, 2.75) is 25.9 Å². The Morgan fingerprint density at radius 2 is 1.86 bits per heavy atom. The second-order valence-corrected chi connectivity index (χ2v) is 6.79. The van der Waals surface area contributed by atoms with Gasteiger partial charge in [-0.3, -0.25) is 0 Å². The molecule has 0 saturated heterocycles. The third-order valence-corrected chi connectivity index (χ3v) is 4.07. The molecule has 0 heterocycles. The zero-order valence-corrected chi connectivity index (χ0v) is 14.7. The molecule has 0 aliphatic carbocycles. The van der Waals surface area contributed by atoms with Gasteiger partial charge in [-0.1, -0.05) is 39.7 Å². The smallest absolute Gasteiger partial charge is 0.0426 e. The Morgan fingerprint density at radius 3 is 2.48 bits per heavy atom. The second kappa shape index (κ2) is 7.30. The zero-order chi connectivity index (χ0) is 15.4. The Balaban J connectivity index is 2.21. The minimum absolute atomic E-state index is 0.141. The molecule has 1 atom stereocenters. The maximum absolute atomic E-state index is 5.96. The van der Waals surface area contributed by atoms with Crippen molar-refractivity contribution in [3.8, 4) is 0 Å². The van der Waals surface area contributed by atoms with Crippen molar-refractivity contribution in [1.29, 1.82) is 0 Å². The first kappa shape index (κ1) is 16.3. The highest BCUT2D eigenvalue weighted by Gasteiger charge is 2.10. The molecule has 0 aliphatic rings. The molecule has 112 valence electrons. The van der Waals surface area contributed by atoms with E-state index in [0.717, 1.165) is 22.5 Å². The number of hydrogen-bond acceptors (Lipinski definition) is 2. The van der Waals surface area contributed by atoms with Crippen molar-refractivity contribution in [2.24, 2.45) is 5.73 Å². The summed E-state index contributed by atoms with van der Waals surface area (Å²) >= 11 is 9.47. The van der Waals surface area contributed by atoms with Crippen molar-refractivity contribution in [1.82, 2.24) is 0 Å². The van der Waals surface area contributed by atoms with Crippen LogP contribution < -0.4 is 10.6 Å². The van der Waals surface area contributed by atoms with Gasteiger partial charge in [-0.05, 0) is 54.8 Å². The molecule has 0 saturated carbocycles. The third kappa shape index (κ3) is 4.73. The lowest BCUT2D eigenvalue weighted by Crippen LogP contribution is -2.22. The summed E-state index contributed by atoms with van der Waals surface area (Å²) in [7, 11) is 2.10. The van der Waals surface area contributed by atoms with Gasteiger partial charge in [0.15, 0.2) is 0 Å². The maximum atomic E-state index is 5.96. The van der Waals surface area contributed by atoms with E-state index in [1.165, 1.54) is 16.8 Å². The van der Waals surface area contributed by atoms with Crippen molar-refractivity contribution >= 4 is 33.2 Å². The van der Waals surface area contributed by atoms with E-state index in [0.29, 0.717) is 0 Å². The molecular weight excluding hydrogens is 348 g/mol. The lowest BCUT2D eigenvalue weighted by Gasteiger charge is -2.24. The van der Waals surface area contributed by atoms with Gasteiger partial charge in [0.05, 0.1) is 0 Å². The van der Waals surface area contributed by atoms with Crippen LogP contribution in [0.25, 0.3) is 0 Å². The van der Waals surface area contributed by atoms with E-state index in [1.807, 2.05) is 19.1 Å². The van der Waals surface area contributed by atoms with Gasteiger partial charge in [0.2, 0.25) is 0 Å². The quantitative estimate of drug-likeness (QED) is 0.835. The van der Waals surface area contributed by atoms with E-state index in [9.17, 15) is 0 Å². The molecule has 2 aromatic carbocycles. The highest BCUT2D eigenvalue weighted by atomic mass is 79.9. The van der Waals surface area contributed by atoms with Crippen molar-refractivity contribution in [2.75, 3.05) is 11.9 Å². The minimum Gasteiger partial charge on any atom is -0.370 e. The molecule has 21 heavy (non-hydrogen) atoms. The highest BCUT2D eigenvalue weighted by Crippen LogP contribution is 2.26. The molecule has 4 heteroatoms. The molecule has 2 N–H and O–H groups in total. The SMILES string of the molecule is CC(N)Cc1cc(Br)ccc1N(C)Cc1ccc(Cl)cc1. The number of benzene rings is 2. The second-order valence-electron chi connectivity index (χ2n) is 5.44. The summed E-state index contributed by atoms with van der Waals surface area (Å²) in [6.45, 7) is 2.87. The van der Waals surface area contributed by atoms with Crippen LogP contribution in [0.1, 0.15) is 18.1 Å². The van der Waals surface area contributed by atoms with E-state index in [-0.39, 0.29) is 6.04 Å². The lowest BCUT2D eigenvalue weighted by atomic mass is 10.0. The summed E-state index contributed by atoms with van der Waals surface area (Å²) in [6.07, 6.45) is 0.861. The lowest BCUT2D eigenvalue weighted by molar-refractivity contribution is 0.734. The van der Waals surface area contributed by atoms with Crippen LogP contribution in [-0.2, 0) is 13.0 Å². The van der Waals surface area contributed by atoms with E-state index in [1.54, 1.807) is 0 Å². The minimum atomic E-state index is 0.141. The molecule has 1 unspecified atom stereocenters. The van der Waals surface area contributed by atoms with E-state index >= 15 is 0 Å². The number of halogens is 2. The van der Waals surface area contributed by atoms with Crippen LogP contribution in [0.2, 0.25) is 5.02 Å². The third-order valence-electron chi connectivity index (χ3n) is 3.33. The van der Waals surface area contributed by atoms with Crippen molar-refractivity contribution in [3.05, 3.63) is 63.1 Å². The number of anilines is 1. The first-order chi connectivity index (χ1) is 9.95. The monoisotopic (exact) mass is 366 g/mol. The summed E-state index contributed by atoms with van der Waals surface area (Å²) in [6, 6.07) is 14.5. The van der Waals surface area contributed by atoms with E-state index in [4.69, 9.17) is 17.3 Å². The molecule has 2 rings (SSSR count). The molecule has 0 amide bonds. The Morgan fingerprint density at radius 1 is 1.19 bits per heavy atom. The fourth-order valence-electron chi connectivity index (χ4n) is 2.39. The zero-order valence-electron chi connectivity index (χ0n) is 12.3. The van der Waals surface area contributed by atoms with Gasteiger partial charge in [0.1, 0.15) is 0 Å². The fourth-order valence-corrected chi connectivity index (χ4v) is 2.92. The number of rotatable bonds is 5. The first-order valence-electron chi connectivity index (χ1n) is 6.95. The number of nitrogens with zero attached hydrogens (tertiary/aromatic N) is 1. The van der Waals surface area contributed by atoms with Crippen LogP contribution in [0.3, 0.4) is 0 Å². The van der Waals surface area contributed by atoms with Crippen LogP contribution in [0.5, 0.6) is 0 Å². The number of hydrogen-bond donors (Lipinski definition) is 1. The maximum Gasteiger partial charge on any atom is 0.0426 e. The fraction of sp³-hybridized carbons (Fsp3) is 0.294. The van der Waals surface area contributed by atoms with E-state index < -0.39 is 0 Å². The normalized spacial score (nSPS) is 12.2. The molecule has 0 radical (unpaired) electrons. The summed E-state index contributed by atoms with van der Waals surface area (Å²) in [5.74, 6) is 0. The average Bonchev–Trinajstić information content (AvgIpc) is 2.40. The average molecular weight is 368 g/mol. The highest BCUT2D eigenvalue weighted by molar-refractivity contribution is 9.10. The van der Waals surface area contributed by atoms with Gasteiger partial charge in [-0.15, -0.1) is 0 Å². The van der Waals surface area contributed by atoms with Crippen LogP contribution in [0.15, 0.2) is 46.9 Å². The molecule has 2 nitrogen and oxygen atoms in total. The Hall–Kier alpha value is -1.03. The van der Waals surface area contributed by atoms with Crippen LogP contribution >= 0.6 is 27.5 Å². The van der Waals surface area contributed by atoms with Gasteiger partial charge in [-0.2, -0.15) is 0 Å². The predicted molar refractivity (Wildman–Crippen MR) is 95.1 cm³/mol. The molecule has 0 aromatic heterocycles. The Kier molecular flexibility index (Phi) is 5.68. The van der Waals surface area contributed by atoms with Crippen LogP contribution in [0, 0.1) is 0 Å². The molecule has 0 aliphatic heterocycles. The van der Waals surface area contributed by atoms with Crippen molar-refractivity contribution in [3.63, 3.8) is 0 Å². The standard InChI is InChI=1S/C17H20BrClN2/c1-12(20)9-14-10-15(18)5-8-17(14)21(2)11-13-3-6-16(19)7-4-13/h3-8,10,12H,9,11,20H2,1-2H3. The Bertz CT molecular complexity index is 596. The van der Waals surface area contributed by atoms with Gasteiger partial charge < -0.3 is 10.6 Å². The molecule has 2 aromatic rings. The first-order valence-corrected chi connectivity index (χ1v) is 8.12. The van der Waals surface area contributed by atoms with Crippen molar-refractivity contribution < 1.29 is 0 Å². The van der Waals surface area contributed by atoms with Gasteiger partial charge >= 0.3 is 0 Å². The summed E-state index contributed by atoms with van der Waals surface area (Å²) in [4.78, 5) is 2.24. The molecule has 0 spiro atoms. The van der Waals surface area contributed by atoms with Gasteiger partial charge in [0.25, 0.3) is 0 Å². The largest absolute Gasteiger partial charge is 0.370 e. The van der Waals surface area contributed by atoms with Crippen LogP contribution in [0.4, 0.5) is 5.69 Å². The summed E-state index contributed by atoms with van der Waals surface area (Å²) < 4.78 is 1.08. The van der Waals surface area contributed by atoms with Gasteiger partial charge in [0, 0.05) is 34.8 Å². The van der Waals surface area contributed by atoms with E-state index in [2.05, 4.69) is 58.2 Å². The Labute approximate surface area is 140 Å². The molecular formula is C17H20BrClN2. The predicted octanol–water partition coefficient (Wildman–Crippen LogP) is 4.63. The summed E-state index contributed by atoms with van der Waals surface area (Å²) in [5.41, 5.74) is 9.67.